The van der Waals surface area contributed by atoms with Gasteiger partial charge in [0.15, 0.2) is 5.16 Å². The molecule has 0 bridgehead atoms. The van der Waals surface area contributed by atoms with Crippen molar-refractivity contribution < 1.29 is 9.53 Å². The van der Waals surface area contributed by atoms with Crippen LogP contribution in [-0.4, -0.2) is 39.3 Å². The second-order valence-corrected chi connectivity index (χ2v) is 9.48. The maximum Gasteiger partial charge on any atom is 0.262 e. The third kappa shape index (κ3) is 5.92. The molecule has 4 rings (SSSR count). The molecule has 0 aliphatic rings. The Morgan fingerprint density at radius 2 is 1.66 bits per heavy atom. The lowest BCUT2D eigenvalue weighted by Gasteiger charge is -2.27. The molecule has 1 aromatic heterocycles. The number of aromatic nitrogens is 2. The zero-order valence-corrected chi connectivity index (χ0v) is 21.0. The highest BCUT2D eigenvalue weighted by atomic mass is 32.2. The van der Waals surface area contributed by atoms with Crippen molar-refractivity contribution in [3.05, 3.63) is 100 Å². The van der Waals surface area contributed by atoms with Gasteiger partial charge in [0.1, 0.15) is 5.75 Å². The van der Waals surface area contributed by atoms with E-state index in [2.05, 4.69) is 0 Å². The van der Waals surface area contributed by atoms with E-state index in [9.17, 15) is 9.59 Å². The van der Waals surface area contributed by atoms with Crippen molar-refractivity contribution in [3.63, 3.8) is 0 Å². The standard InChI is InChI=1S/C28H29N3O3S/c1-20(2)30(17-21-9-5-4-6-10-21)26(32)19-35-28-29-25-12-8-7-11-24(25)27(33)31(28)18-22-13-15-23(34-3)16-14-22/h4-16,20H,17-19H2,1-3H3. The molecule has 6 nitrogen and oxygen atoms in total. The minimum Gasteiger partial charge on any atom is -0.497 e. The Morgan fingerprint density at radius 3 is 2.34 bits per heavy atom. The molecule has 0 saturated carbocycles. The van der Waals surface area contributed by atoms with Gasteiger partial charge in [0.25, 0.3) is 5.56 Å². The lowest BCUT2D eigenvalue weighted by Crippen LogP contribution is -2.37. The van der Waals surface area contributed by atoms with Crippen molar-refractivity contribution in [3.8, 4) is 5.75 Å². The summed E-state index contributed by atoms with van der Waals surface area (Å²) < 4.78 is 6.90. The van der Waals surface area contributed by atoms with Crippen molar-refractivity contribution in [2.45, 2.75) is 38.1 Å². The summed E-state index contributed by atoms with van der Waals surface area (Å²) in [7, 11) is 1.62. The molecule has 4 aromatic rings. The lowest BCUT2D eigenvalue weighted by atomic mass is 10.2. The zero-order chi connectivity index (χ0) is 24.8. The molecule has 0 unspecified atom stereocenters. The Hall–Kier alpha value is -3.58. The fourth-order valence-electron chi connectivity index (χ4n) is 3.86. The van der Waals surface area contributed by atoms with Crippen LogP contribution < -0.4 is 10.3 Å². The molecule has 0 saturated heterocycles. The molecular formula is C28H29N3O3S. The van der Waals surface area contributed by atoms with Crippen molar-refractivity contribution in [2.24, 2.45) is 0 Å². The van der Waals surface area contributed by atoms with E-state index in [0.717, 1.165) is 16.9 Å². The first-order valence-electron chi connectivity index (χ1n) is 11.5. The van der Waals surface area contributed by atoms with Crippen LogP contribution in [0.4, 0.5) is 0 Å². The van der Waals surface area contributed by atoms with Gasteiger partial charge in [-0.1, -0.05) is 66.4 Å². The predicted octanol–water partition coefficient (Wildman–Crippen LogP) is 4.98. The number of para-hydroxylation sites is 1. The molecule has 0 spiro atoms. The van der Waals surface area contributed by atoms with Gasteiger partial charge in [-0.3, -0.25) is 14.2 Å². The van der Waals surface area contributed by atoms with Gasteiger partial charge in [-0.2, -0.15) is 0 Å². The van der Waals surface area contributed by atoms with Gasteiger partial charge >= 0.3 is 0 Å². The van der Waals surface area contributed by atoms with Crippen molar-refractivity contribution in [1.82, 2.24) is 14.5 Å². The number of hydrogen-bond acceptors (Lipinski definition) is 5. The molecular weight excluding hydrogens is 458 g/mol. The summed E-state index contributed by atoms with van der Waals surface area (Å²) in [6.07, 6.45) is 0. The van der Waals surface area contributed by atoms with E-state index in [-0.39, 0.29) is 23.3 Å². The number of benzene rings is 3. The van der Waals surface area contributed by atoms with Gasteiger partial charge in [-0.15, -0.1) is 0 Å². The number of thioether (sulfide) groups is 1. The van der Waals surface area contributed by atoms with Gasteiger partial charge in [-0.05, 0) is 49.2 Å². The Bertz CT molecular complexity index is 1350. The van der Waals surface area contributed by atoms with E-state index >= 15 is 0 Å². The van der Waals surface area contributed by atoms with Crippen LogP contribution in [0.5, 0.6) is 5.75 Å². The first-order chi connectivity index (χ1) is 17.0. The number of nitrogens with zero attached hydrogens (tertiary/aromatic N) is 3. The summed E-state index contributed by atoms with van der Waals surface area (Å²) in [5, 5.41) is 1.09. The summed E-state index contributed by atoms with van der Waals surface area (Å²) in [5.41, 5.74) is 2.54. The molecule has 0 radical (unpaired) electrons. The molecule has 0 aliphatic carbocycles. The van der Waals surface area contributed by atoms with E-state index in [1.54, 1.807) is 17.7 Å². The van der Waals surface area contributed by atoms with Crippen LogP contribution in [0.2, 0.25) is 0 Å². The summed E-state index contributed by atoms with van der Waals surface area (Å²) in [4.78, 5) is 33.2. The summed E-state index contributed by atoms with van der Waals surface area (Å²) in [6, 6.07) is 24.9. The zero-order valence-electron chi connectivity index (χ0n) is 20.2. The monoisotopic (exact) mass is 487 g/mol. The number of carbonyl (C=O) groups is 1. The quantitative estimate of drug-likeness (QED) is 0.246. The van der Waals surface area contributed by atoms with Crippen LogP contribution >= 0.6 is 11.8 Å². The van der Waals surface area contributed by atoms with Gasteiger partial charge in [0.05, 0.1) is 30.3 Å². The predicted molar refractivity (Wildman–Crippen MR) is 141 cm³/mol. The minimum absolute atomic E-state index is 0.00672. The maximum atomic E-state index is 13.4. The molecule has 1 heterocycles. The molecule has 0 fully saturated rings. The molecule has 1 amide bonds. The van der Waals surface area contributed by atoms with Gasteiger partial charge < -0.3 is 9.64 Å². The van der Waals surface area contributed by atoms with E-state index in [4.69, 9.17) is 9.72 Å². The lowest BCUT2D eigenvalue weighted by molar-refractivity contribution is -0.130. The summed E-state index contributed by atoms with van der Waals surface area (Å²) in [6.45, 7) is 4.93. The third-order valence-electron chi connectivity index (χ3n) is 5.79. The Morgan fingerprint density at radius 1 is 0.971 bits per heavy atom. The molecule has 35 heavy (non-hydrogen) atoms. The number of hydrogen-bond donors (Lipinski definition) is 0. The van der Waals surface area contributed by atoms with Gasteiger partial charge in [0, 0.05) is 12.6 Å². The topological polar surface area (TPSA) is 64.4 Å². The Kier molecular flexibility index (Phi) is 7.87. The highest BCUT2D eigenvalue weighted by Crippen LogP contribution is 2.21. The third-order valence-corrected chi connectivity index (χ3v) is 6.75. The van der Waals surface area contributed by atoms with Gasteiger partial charge in [-0.25, -0.2) is 4.98 Å². The van der Waals surface area contributed by atoms with E-state index in [1.165, 1.54) is 11.8 Å². The van der Waals surface area contributed by atoms with Gasteiger partial charge in [0.2, 0.25) is 5.91 Å². The van der Waals surface area contributed by atoms with Crippen molar-refractivity contribution in [2.75, 3.05) is 12.9 Å². The smallest absolute Gasteiger partial charge is 0.262 e. The second kappa shape index (κ2) is 11.2. The first kappa shape index (κ1) is 24.5. The van der Waals surface area contributed by atoms with Crippen molar-refractivity contribution >= 4 is 28.6 Å². The summed E-state index contributed by atoms with van der Waals surface area (Å²) in [5.74, 6) is 0.954. The summed E-state index contributed by atoms with van der Waals surface area (Å²) >= 11 is 1.30. The molecule has 0 aliphatic heterocycles. The average Bonchev–Trinajstić information content (AvgIpc) is 2.88. The molecule has 180 valence electrons. The average molecular weight is 488 g/mol. The number of rotatable bonds is 9. The normalized spacial score (nSPS) is 11.1. The number of methoxy groups -OCH3 is 1. The van der Waals surface area contributed by atoms with Crippen LogP contribution in [0.1, 0.15) is 25.0 Å². The number of amides is 1. The SMILES string of the molecule is COc1ccc(Cn2c(SCC(=O)N(Cc3ccccc3)C(C)C)nc3ccccc3c2=O)cc1. The highest BCUT2D eigenvalue weighted by Gasteiger charge is 2.20. The largest absolute Gasteiger partial charge is 0.497 e. The fraction of sp³-hybridized carbons (Fsp3) is 0.250. The van der Waals surface area contributed by atoms with Crippen LogP contribution in [0.15, 0.2) is 88.8 Å². The highest BCUT2D eigenvalue weighted by molar-refractivity contribution is 7.99. The van der Waals surface area contributed by atoms with Crippen molar-refractivity contribution in [1.29, 1.82) is 0 Å². The van der Waals surface area contributed by atoms with Crippen LogP contribution in [0, 0.1) is 0 Å². The first-order valence-corrected chi connectivity index (χ1v) is 12.5. The van der Waals surface area contributed by atoms with E-state index in [1.807, 2.05) is 91.5 Å². The number of carbonyl (C=O) groups excluding carboxylic acids is 1. The van der Waals surface area contributed by atoms with E-state index < -0.39 is 0 Å². The molecule has 7 heteroatoms. The maximum absolute atomic E-state index is 13.4. The molecule has 0 atom stereocenters. The Labute approximate surface area is 209 Å². The fourth-order valence-corrected chi connectivity index (χ4v) is 4.74. The number of fused-ring (bicyclic) bond motifs is 1. The second-order valence-electron chi connectivity index (χ2n) is 8.54. The Balaban J connectivity index is 1.61. The van der Waals surface area contributed by atoms with Crippen LogP contribution in [0.25, 0.3) is 10.9 Å². The molecule has 0 N–H and O–H groups in total. The number of ether oxygens (including phenoxy) is 1. The minimum atomic E-state index is -0.119. The molecule has 3 aromatic carbocycles. The van der Waals surface area contributed by atoms with Crippen LogP contribution in [-0.2, 0) is 17.9 Å². The van der Waals surface area contributed by atoms with E-state index in [0.29, 0.717) is 29.1 Å². The van der Waals surface area contributed by atoms with Crippen LogP contribution in [0.3, 0.4) is 0 Å².